The minimum absolute atomic E-state index is 0.0387. The van der Waals surface area contributed by atoms with Crippen molar-refractivity contribution in [3.05, 3.63) is 23.3 Å². The third-order valence-electron chi connectivity index (χ3n) is 16.8. The summed E-state index contributed by atoms with van der Waals surface area (Å²) in [5.41, 5.74) is 6.72. The highest BCUT2D eigenvalue weighted by molar-refractivity contribution is 7.99. The average Bonchev–Trinajstić information content (AvgIpc) is 1.93. The fourth-order valence-corrected chi connectivity index (χ4v) is 14.1. The summed E-state index contributed by atoms with van der Waals surface area (Å²) in [7, 11) is -0.972. The van der Waals surface area contributed by atoms with Crippen molar-refractivity contribution >= 4 is 104 Å². The molecule has 8 amide bonds. The van der Waals surface area contributed by atoms with Gasteiger partial charge < -0.3 is 72.7 Å². The van der Waals surface area contributed by atoms with Crippen molar-refractivity contribution < 1.29 is 86.9 Å². The number of nitrogens with zero attached hydrogens (tertiary/aromatic N) is 2. The van der Waals surface area contributed by atoms with Crippen LogP contribution in [0.5, 0.6) is 5.75 Å². The standard InChI is InChI=1S/C58H84N10O18S2/c1-6-29(2)38-17-34(71)20-61-53(80)32-15-39-37-11-12-46(86-5)40(27-87-36-24-67(25-36)22-33(70)10-8-7-9-13-60-52(79)30(3)14-49(77)78)51(37)66-57(39)88(85)28-42(63-48(76)21-62-54(38)81)55(82)64-41(19-47(59)75)58(84)68-23-35(72)18-43(68)56(83)65-50(44(73)16-32)31(4)45(74)26-69/h11-12,29-32,35-36,38,41-43,45,50,66,69,72,74H,6-10,13-28H2,1-5H3,(H2,59,75)(H,60,79)(H,61,80)(H,62,81)(H,63,76)(H,64,82)(H,65,83)(H,77,78)/t29-,30?,31-,32+,35+,38-,41-,42-,43-,45-,50-,88?/m0/s1. The molecule has 0 aliphatic carbocycles. The highest BCUT2D eigenvalue weighted by Crippen LogP contribution is 2.39. The lowest BCUT2D eigenvalue weighted by Gasteiger charge is -2.38. The summed E-state index contributed by atoms with van der Waals surface area (Å²) in [6.07, 6.45) is -3.41. The number of aliphatic carboxylic acids is 1. The zero-order valence-electron chi connectivity index (χ0n) is 50.2. The van der Waals surface area contributed by atoms with Gasteiger partial charge in [0.2, 0.25) is 47.3 Å². The Labute approximate surface area is 515 Å². The fraction of sp³-hybridized carbons (Fsp3) is 0.655. The number of carboxylic acids is 1. The fourth-order valence-electron chi connectivity index (χ4n) is 11.4. The van der Waals surface area contributed by atoms with E-state index in [9.17, 15) is 72.9 Å². The largest absolute Gasteiger partial charge is 0.496 e. The molecule has 0 saturated carbocycles. The zero-order valence-corrected chi connectivity index (χ0v) is 51.9. The Kier molecular flexibility index (Phi) is 26.0. The van der Waals surface area contributed by atoms with Gasteiger partial charge in [-0.2, -0.15) is 11.8 Å². The number of hydrogen-bond acceptors (Lipinski definition) is 19. The summed E-state index contributed by atoms with van der Waals surface area (Å²) in [5, 5.41) is 56.6. The van der Waals surface area contributed by atoms with Crippen LogP contribution in [-0.2, 0) is 80.5 Å². The molecule has 4 aliphatic rings. The molecule has 28 nitrogen and oxygen atoms in total. The number of carbonyl (C=O) groups is 12. The summed E-state index contributed by atoms with van der Waals surface area (Å²) < 4.78 is 21.2. The molecule has 0 radical (unpaired) electrons. The van der Waals surface area contributed by atoms with Crippen molar-refractivity contribution in [1.29, 1.82) is 0 Å². The number of amides is 8. The lowest BCUT2D eigenvalue weighted by Crippen LogP contribution is -2.60. The number of aromatic amines is 1. The molecule has 5 heterocycles. The number of aromatic nitrogens is 1. The molecular formula is C58H84N10O18S2. The van der Waals surface area contributed by atoms with E-state index in [1.165, 1.54) is 14.0 Å². The number of H-pyrrole nitrogens is 1. The molecule has 486 valence electrons. The van der Waals surface area contributed by atoms with Gasteiger partial charge in [-0.05, 0) is 42.9 Å². The number of ketones is 3. The van der Waals surface area contributed by atoms with Crippen LogP contribution in [0.1, 0.15) is 103 Å². The highest BCUT2D eigenvalue weighted by atomic mass is 32.2. The number of carbonyl (C=O) groups excluding carboxylic acids is 11. The zero-order chi connectivity index (χ0) is 64.7. The maximum Gasteiger partial charge on any atom is 0.304 e. The molecule has 13 N–H and O–H groups in total. The van der Waals surface area contributed by atoms with Crippen LogP contribution in [0.4, 0.5) is 0 Å². The van der Waals surface area contributed by atoms with Crippen molar-refractivity contribution in [2.24, 2.45) is 35.3 Å². The minimum atomic E-state index is -2.42. The summed E-state index contributed by atoms with van der Waals surface area (Å²) in [6, 6.07) is -3.68. The van der Waals surface area contributed by atoms with Crippen molar-refractivity contribution in [3.63, 3.8) is 0 Å². The first kappa shape index (κ1) is 70.2. The number of hydrogen-bond donors (Lipinski definition) is 12. The molecule has 1 aromatic heterocycles. The Morgan fingerprint density at radius 1 is 0.898 bits per heavy atom. The molecule has 2 aromatic rings. The Morgan fingerprint density at radius 3 is 2.28 bits per heavy atom. The maximum atomic E-state index is 15.4. The topological polar surface area (TPSA) is 433 Å². The number of carboxylic acid groups (broad SMARTS) is 1. The Morgan fingerprint density at radius 2 is 1.61 bits per heavy atom. The quantitative estimate of drug-likeness (QED) is 0.0559. The number of rotatable bonds is 22. The van der Waals surface area contributed by atoms with Crippen LogP contribution in [-0.4, -0.2) is 217 Å². The van der Waals surface area contributed by atoms with Gasteiger partial charge in [0.25, 0.3) is 0 Å². The number of Topliss-reactive ketones (excluding diaryl/α,β-unsaturated/α-hetero) is 3. The van der Waals surface area contributed by atoms with Gasteiger partial charge in [0.15, 0.2) is 11.6 Å². The molecule has 2 unspecified atom stereocenters. The van der Waals surface area contributed by atoms with E-state index < -0.39 is 193 Å². The number of thioether (sulfide) groups is 1. The minimum Gasteiger partial charge on any atom is -0.496 e. The molecule has 12 atom stereocenters. The van der Waals surface area contributed by atoms with Crippen molar-refractivity contribution in [3.8, 4) is 5.75 Å². The molecule has 30 heteroatoms. The van der Waals surface area contributed by atoms with Crippen LogP contribution >= 0.6 is 11.8 Å². The number of methoxy groups -OCH3 is 1. The number of unbranched alkanes of at least 4 members (excludes halogenated alkanes) is 2. The van der Waals surface area contributed by atoms with E-state index in [-0.39, 0.29) is 52.7 Å². The first-order chi connectivity index (χ1) is 41.7. The highest BCUT2D eigenvalue weighted by Gasteiger charge is 2.45. The summed E-state index contributed by atoms with van der Waals surface area (Å²) in [4.78, 5) is 170. The number of benzene rings is 1. The maximum absolute atomic E-state index is 15.4. The number of fused-ring (bicyclic) bond motifs is 5. The van der Waals surface area contributed by atoms with Gasteiger partial charge in [0, 0.05) is 97.5 Å². The number of aliphatic hydroxyl groups is 3. The second-order valence-corrected chi connectivity index (χ2v) is 26.2. The average molecular weight is 1270 g/mol. The lowest BCUT2D eigenvalue weighted by molar-refractivity contribution is -0.144. The van der Waals surface area contributed by atoms with Crippen molar-refractivity contribution in [1.82, 2.24) is 46.7 Å². The van der Waals surface area contributed by atoms with Crippen LogP contribution in [0.3, 0.4) is 0 Å². The smallest absolute Gasteiger partial charge is 0.304 e. The summed E-state index contributed by atoms with van der Waals surface area (Å²) >= 11 is 1.54. The lowest BCUT2D eigenvalue weighted by atomic mass is 9.85. The Hall–Kier alpha value is -6.86. The van der Waals surface area contributed by atoms with E-state index in [0.29, 0.717) is 74.0 Å². The molecule has 2 saturated heterocycles. The predicted molar refractivity (Wildman–Crippen MR) is 319 cm³/mol. The van der Waals surface area contributed by atoms with E-state index in [2.05, 4.69) is 36.9 Å². The molecule has 2 bridgehead atoms. The van der Waals surface area contributed by atoms with Crippen molar-refractivity contribution in [2.45, 2.75) is 151 Å². The van der Waals surface area contributed by atoms with E-state index in [0.717, 1.165) is 4.90 Å². The van der Waals surface area contributed by atoms with Crippen molar-refractivity contribution in [2.75, 3.05) is 65.3 Å². The molecule has 6 rings (SSSR count). The molecule has 1 aromatic carbocycles. The first-order valence-electron chi connectivity index (χ1n) is 29.7. The van der Waals surface area contributed by atoms with E-state index >= 15 is 4.21 Å². The number of likely N-dealkylation sites (tertiary alicyclic amines) is 1. The third kappa shape index (κ3) is 18.8. The summed E-state index contributed by atoms with van der Waals surface area (Å²) in [5.74, 6) is -14.7. The van der Waals surface area contributed by atoms with Crippen LogP contribution in [0.2, 0.25) is 0 Å². The molecule has 2 fully saturated rings. The molecule has 88 heavy (non-hydrogen) atoms. The van der Waals surface area contributed by atoms with Crippen LogP contribution < -0.4 is 42.4 Å². The van der Waals surface area contributed by atoms with Crippen LogP contribution in [0.15, 0.2) is 17.2 Å². The van der Waals surface area contributed by atoms with E-state index in [4.69, 9.17) is 15.6 Å². The molecule has 0 spiro atoms. The van der Waals surface area contributed by atoms with Gasteiger partial charge in [-0.15, -0.1) is 0 Å². The normalized spacial score (nSPS) is 25.6. The monoisotopic (exact) mass is 1270 g/mol. The van der Waals surface area contributed by atoms with Gasteiger partial charge >= 0.3 is 5.97 Å². The molecule has 4 aliphatic heterocycles. The molecular weight excluding hydrogens is 1190 g/mol. The number of primary amides is 1. The van der Waals surface area contributed by atoms with E-state index in [1.807, 2.05) is 4.90 Å². The van der Waals surface area contributed by atoms with Gasteiger partial charge in [-0.3, -0.25) is 66.6 Å². The second-order valence-electron chi connectivity index (χ2n) is 23.5. The third-order valence-corrected chi connectivity index (χ3v) is 19.5. The van der Waals surface area contributed by atoms with Crippen LogP contribution in [0, 0.1) is 29.6 Å². The van der Waals surface area contributed by atoms with Gasteiger partial charge in [-0.25, -0.2) is 0 Å². The second kappa shape index (κ2) is 32.6. The van der Waals surface area contributed by atoms with E-state index in [1.54, 1.807) is 44.7 Å². The predicted octanol–water partition coefficient (Wildman–Crippen LogP) is -2.16. The van der Waals surface area contributed by atoms with Gasteiger partial charge in [0.05, 0.1) is 86.5 Å². The van der Waals surface area contributed by atoms with Crippen LogP contribution in [0.25, 0.3) is 10.9 Å². The van der Waals surface area contributed by atoms with Gasteiger partial charge in [-0.1, -0.05) is 40.5 Å². The SMILES string of the molecule is CC[C@H](C)[C@@H]1CC(=O)CNC(=O)[C@H]2CC(=O)[C@H]([C@@H](C)[C@@H](O)CO)NC(=O)[C@@H]3C[C@@H](O)CN3C(=O)[C@H](CC(N)=O)NC(=O)[C@H](CS(=O)c3[nH]c4c(CSC5CN(CC(=O)CCCCCNC(=O)C(C)CC(=O)O)C5)c(OC)ccc4c3C2)NC(=O)CNC1=O. The summed E-state index contributed by atoms with van der Waals surface area (Å²) in [6.45, 7) is 5.35. The van der Waals surface area contributed by atoms with Gasteiger partial charge in [0.1, 0.15) is 34.7 Å². The Bertz CT molecular complexity index is 2970. The Balaban J connectivity index is 1.39. The number of nitrogens with one attached hydrogen (secondary N) is 7. The number of nitrogens with two attached hydrogens (primary N) is 1. The number of ether oxygens (including phenoxy) is 1. The first-order valence-corrected chi connectivity index (χ1v) is 32.1. The number of aliphatic hydroxyl groups excluding tert-OH is 3.